The van der Waals surface area contributed by atoms with E-state index in [9.17, 15) is 4.79 Å². The van der Waals surface area contributed by atoms with Crippen molar-refractivity contribution in [3.8, 4) is 0 Å². The Labute approximate surface area is 209 Å². The van der Waals surface area contributed by atoms with Crippen molar-refractivity contribution >= 4 is 35.8 Å². The van der Waals surface area contributed by atoms with Crippen LogP contribution in [0.5, 0.6) is 0 Å². The molecule has 1 aromatic carbocycles. The molecule has 1 unspecified atom stereocenters. The highest BCUT2D eigenvalue weighted by Crippen LogP contribution is 2.17. The summed E-state index contributed by atoms with van der Waals surface area (Å²) in [6.07, 6.45) is 1.07. The number of benzene rings is 1. The van der Waals surface area contributed by atoms with E-state index in [1.54, 1.807) is 19.0 Å². The number of amides is 1. The summed E-state index contributed by atoms with van der Waals surface area (Å²) in [4.78, 5) is 22.9. The number of rotatable bonds is 9. The van der Waals surface area contributed by atoms with Crippen LogP contribution in [0.2, 0.25) is 0 Å². The van der Waals surface area contributed by atoms with E-state index in [2.05, 4.69) is 32.2 Å². The number of nitrogens with zero attached hydrogens (tertiary/aromatic N) is 4. The fourth-order valence-corrected chi connectivity index (χ4v) is 3.78. The number of morpholine rings is 1. The van der Waals surface area contributed by atoms with E-state index >= 15 is 0 Å². The van der Waals surface area contributed by atoms with E-state index in [1.807, 2.05) is 18.2 Å². The number of likely N-dealkylation sites (N-methyl/N-ethyl adjacent to an activating group) is 1. The SMILES string of the molecule is CN(C)C(=O)CN=C(NCCN1CCOCC1)N1CCC(COCc2ccccc2)C1.I. The zero-order chi connectivity index (χ0) is 21.9. The maximum atomic E-state index is 12.1. The summed E-state index contributed by atoms with van der Waals surface area (Å²) in [6.45, 7) is 8.67. The van der Waals surface area contributed by atoms with E-state index in [0.717, 1.165) is 71.5 Å². The van der Waals surface area contributed by atoms with E-state index in [4.69, 9.17) is 9.47 Å². The Balaban J connectivity index is 0.00000363. The van der Waals surface area contributed by atoms with Crippen molar-refractivity contribution in [3.05, 3.63) is 35.9 Å². The van der Waals surface area contributed by atoms with Crippen molar-refractivity contribution in [1.29, 1.82) is 0 Å². The molecule has 0 spiro atoms. The van der Waals surface area contributed by atoms with Crippen molar-refractivity contribution in [1.82, 2.24) is 20.0 Å². The van der Waals surface area contributed by atoms with Crippen LogP contribution in [0.3, 0.4) is 0 Å². The van der Waals surface area contributed by atoms with Gasteiger partial charge in [-0.15, -0.1) is 24.0 Å². The first-order valence-electron chi connectivity index (χ1n) is 11.3. The van der Waals surface area contributed by atoms with Crippen LogP contribution < -0.4 is 5.32 Å². The van der Waals surface area contributed by atoms with Crippen LogP contribution in [0, 0.1) is 5.92 Å². The summed E-state index contributed by atoms with van der Waals surface area (Å²) in [5.41, 5.74) is 1.20. The molecule has 0 aromatic heterocycles. The number of aliphatic imine (C=N–C) groups is 1. The monoisotopic (exact) mass is 559 g/mol. The van der Waals surface area contributed by atoms with Crippen LogP contribution in [-0.4, -0.2) is 106 Å². The van der Waals surface area contributed by atoms with Gasteiger partial charge in [0, 0.05) is 59.3 Å². The molecule has 8 nitrogen and oxygen atoms in total. The minimum absolute atomic E-state index is 0. The Morgan fingerprint density at radius 2 is 1.97 bits per heavy atom. The van der Waals surface area contributed by atoms with Crippen LogP contribution in [0.1, 0.15) is 12.0 Å². The first-order chi connectivity index (χ1) is 15.1. The van der Waals surface area contributed by atoms with Crippen LogP contribution in [0.15, 0.2) is 35.3 Å². The zero-order valence-corrected chi connectivity index (χ0v) is 21.7. The van der Waals surface area contributed by atoms with E-state index in [0.29, 0.717) is 12.5 Å². The Kier molecular flexibility index (Phi) is 12.3. The molecular formula is C23H38IN5O3. The summed E-state index contributed by atoms with van der Waals surface area (Å²) in [5.74, 6) is 1.31. The van der Waals surface area contributed by atoms with Crippen LogP contribution in [0.4, 0.5) is 0 Å². The van der Waals surface area contributed by atoms with Gasteiger partial charge in [-0.3, -0.25) is 9.69 Å². The summed E-state index contributed by atoms with van der Waals surface area (Å²) in [7, 11) is 3.53. The van der Waals surface area contributed by atoms with Gasteiger partial charge in [0.1, 0.15) is 6.54 Å². The predicted molar refractivity (Wildman–Crippen MR) is 137 cm³/mol. The molecule has 2 aliphatic rings. The lowest BCUT2D eigenvalue weighted by molar-refractivity contribution is -0.127. The number of carbonyl (C=O) groups excluding carboxylic acids is 1. The molecule has 3 rings (SSSR count). The average Bonchev–Trinajstić information content (AvgIpc) is 3.26. The summed E-state index contributed by atoms with van der Waals surface area (Å²) in [6, 6.07) is 10.3. The number of ether oxygens (including phenoxy) is 2. The molecule has 9 heteroatoms. The number of likely N-dealkylation sites (tertiary alicyclic amines) is 1. The number of hydrogen-bond donors (Lipinski definition) is 1. The minimum Gasteiger partial charge on any atom is -0.379 e. The first-order valence-corrected chi connectivity index (χ1v) is 11.3. The molecule has 1 atom stereocenters. The first kappa shape index (κ1) is 26.8. The van der Waals surface area contributed by atoms with Crippen molar-refractivity contribution < 1.29 is 14.3 Å². The number of guanidine groups is 1. The highest BCUT2D eigenvalue weighted by atomic mass is 127. The third-order valence-electron chi connectivity index (χ3n) is 5.73. The molecule has 0 saturated carbocycles. The second-order valence-electron chi connectivity index (χ2n) is 8.41. The maximum absolute atomic E-state index is 12.1. The second-order valence-corrected chi connectivity index (χ2v) is 8.41. The molecule has 2 saturated heterocycles. The van der Waals surface area contributed by atoms with Crippen LogP contribution >= 0.6 is 24.0 Å². The molecule has 2 heterocycles. The molecule has 180 valence electrons. The van der Waals surface area contributed by atoms with Gasteiger partial charge in [-0.1, -0.05) is 30.3 Å². The normalized spacial score (nSPS) is 19.5. The quantitative estimate of drug-likeness (QED) is 0.281. The largest absolute Gasteiger partial charge is 0.379 e. The minimum atomic E-state index is 0. The van der Waals surface area contributed by atoms with Gasteiger partial charge in [0.15, 0.2) is 5.96 Å². The van der Waals surface area contributed by atoms with Gasteiger partial charge in [0.25, 0.3) is 0 Å². The van der Waals surface area contributed by atoms with Gasteiger partial charge < -0.3 is 24.6 Å². The van der Waals surface area contributed by atoms with Crippen LogP contribution in [-0.2, 0) is 20.9 Å². The van der Waals surface area contributed by atoms with Gasteiger partial charge in [0.2, 0.25) is 5.91 Å². The predicted octanol–water partition coefficient (Wildman–Crippen LogP) is 1.51. The van der Waals surface area contributed by atoms with Crippen molar-refractivity contribution in [2.45, 2.75) is 13.0 Å². The molecule has 32 heavy (non-hydrogen) atoms. The number of halogens is 1. The smallest absolute Gasteiger partial charge is 0.243 e. The zero-order valence-electron chi connectivity index (χ0n) is 19.4. The third-order valence-corrected chi connectivity index (χ3v) is 5.73. The molecule has 2 fully saturated rings. The Hall–Kier alpha value is -1.43. The lowest BCUT2D eigenvalue weighted by Crippen LogP contribution is -2.46. The molecule has 1 N–H and O–H groups in total. The maximum Gasteiger partial charge on any atom is 0.243 e. The van der Waals surface area contributed by atoms with Gasteiger partial charge in [0.05, 0.1) is 26.4 Å². The van der Waals surface area contributed by atoms with Gasteiger partial charge in [-0.05, 0) is 12.0 Å². The van der Waals surface area contributed by atoms with E-state index < -0.39 is 0 Å². The molecule has 1 aromatic rings. The summed E-state index contributed by atoms with van der Waals surface area (Å²) < 4.78 is 11.4. The Morgan fingerprint density at radius 1 is 1.22 bits per heavy atom. The number of nitrogens with one attached hydrogen (secondary N) is 1. The lowest BCUT2D eigenvalue weighted by atomic mass is 10.1. The molecule has 0 aliphatic carbocycles. The van der Waals surface area contributed by atoms with Crippen molar-refractivity contribution in [2.24, 2.45) is 10.9 Å². The highest BCUT2D eigenvalue weighted by molar-refractivity contribution is 14.0. The second kappa shape index (κ2) is 14.7. The van der Waals surface area contributed by atoms with Gasteiger partial charge in [-0.2, -0.15) is 0 Å². The standard InChI is InChI=1S/C23H37N5O3.HI/c1-26(2)22(29)16-25-23(24-9-11-27-12-14-30-15-13-27)28-10-8-21(17-28)19-31-18-20-6-4-3-5-7-20;/h3-7,21H,8-19H2,1-2H3,(H,24,25);1H. The average molecular weight is 559 g/mol. The van der Waals surface area contributed by atoms with E-state index in [-0.39, 0.29) is 36.4 Å². The summed E-state index contributed by atoms with van der Waals surface area (Å²) in [5, 5.41) is 3.49. The van der Waals surface area contributed by atoms with Crippen molar-refractivity contribution in [2.75, 3.05) is 79.7 Å². The molecule has 2 aliphatic heterocycles. The topological polar surface area (TPSA) is 69.6 Å². The Morgan fingerprint density at radius 3 is 2.69 bits per heavy atom. The summed E-state index contributed by atoms with van der Waals surface area (Å²) >= 11 is 0. The fourth-order valence-electron chi connectivity index (χ4n) is 3.78. The highest BCUT2D eigenvalue weighted by Gasteiger charge is 2.25. The lowest BCUT2D eigenvalue weighted by Gasteiger charge is -2.28. The van der Waals surface area contributed by atoms with Crippen molar-refractivity contribution in [3.63, 3.8) is 0 Å². The molecule has 0 radical (unpaired) electrons. The molecular weight excluding hydrogens is 521 g/mol. The molecule has 1 amide bonds. The van der Waals surface area contributed by atoms with Gasteiger partial charge >= 0.3 is 0 Å². The van der Waals surface area contributed by atoms with Crippen LogP contribution in [0.25, 0.3) is 0 Å². The fraction of sp³-hybridized carbons (Fsp3) is 0.652. The number of carbonyl (C=O) groups is 1. The third kappa shape index (κ3) is 9.21. The molecule has 0 bridgehead atoms. The Bertz CT molecular complexity index is 698. The van der Waals surface area contributed by atoms with E-state index in [1.165, 1.54) is 5.56 Å². The number of hydrogen-bond acceptors (Lipinski definition) is 5. The van der Waals surface area contributed by atoms with Gasteiger partial charge in [-0.25, -0.2) is 4.99 Å².